The minimum atomic E-state index is -4.16. The van der Waals surface area contributed by atoms with Crippen molar-refractivity contribution in [1.82, 2.24) is 4.98 Å². The van der Waals surface area contributed by atoms with Gasteiger partial charge in [-0.05, 0) is 42.0 Å². The third-order valence-electron chi connectivity index (χ3n) is 4.09. The molecule has 0 saturated heterocycles. The topological polar surface area (TPSA) is 111 Å². The van der Waals surface area contributed by atoms with E-state index in [-0.39, 0.29) is 45.6 Å². The summed E-state index contributed by atoms with van der Waals surface area (Å²) in [6, 6.07) is 10.1. The number of ether oxygens (including phenoxy) is 1. The lowest BCUT2D eigenvalue weighted by molar-refractivity contribution is -0.115. The summed E-state index contributed by atoms with van der Waals surface area (Å²) in [4.78, 5) is 15.7. The molecule has 162 valence electrons. The van der Waals surface area contributed by atoms with Gasteiger partial charge in [-0.1, -0.05) is 17.7 Å². The average Bonchev–Trinajstić information content (AvgIpc) is 2.70. The van der Waals surface area contributed by atoms with Crippen LogP contribution in [0.1, 0.15) is 11.1 Å². The molecule has 0 bridgehead atoms. The minimum Gasteiger partial charge on any atom is -0.473 e. The number of benzene rings is 2. The second kappa shape index (κ2) is 9.38. The number of hydrogen-bond acceptors (Lipinski definition) is 5. The molecule has 3 rings (SSSR count). The Morgan fingerprint density at radius 3 is 2.48 bits per heavy atom. The van der Waals surface area contributed by atoms with E-state index in [0.717, 1.165) is 18.3 Å². The molecule has 0 atom stereocenters. The fraction of sp³-hybridized carbons (Fsp3) is 0.100. The van der Waals surface area contributed by atoms with Gasteiger partial charge in [-0.3, -0.25) is 4.79 Å². The maximum atomic E-state index is 13.4. The van der Waals surface area contributed by atoms with Crippen molar-refractivity contribution in [3.63, 3.8) is 0 Å². The molecule has 0 aliphatic carbocycles. The summed E-state index contributed by atoms with van der Waals surface area (Å²) in [6.45, 7) is -0.211. The summed E-state index contributed by atoms with van der Waals surface area (Å²) >= 11 is 5.96. The van der Waals surface area contributed by atoms with E-state index < -0.39 is 27.6 Å². The van der Waals surface area contributed by atoms with Gasteiger partial charge >= 0.3 is 0 Å². The molecule has 7 nitrogen and oxygen atoms in total. The largest absolute Gasteiger partial charge is 0.473 e. The summed E-state index contributed by atoms with van der Waals surface area (Å²) in [5, 5.41) is 8.03. The van der Waals surface area contributed by atoms with Gasteiger partial charge in [0.25, 0.3) is 0 Å². The number of carbonyl (C=O) groups excluding carboxylic acids is 1. The van der Waals surface area contributed by atoms with E-state index in [0.29, 0.717) is 0 Å². The van der Waals surface area contributed by atoms with Gasteiger partial charge in [-0.15, -0.1) is 0 Å². The Kier molecular flexibility index (Phi) is 6.84. The van der Waals surface area contributed by atoms with Gasteiger partial charge < -0.3 is 10.1 Å². The standard InChI is InChI=1S/C20H16ClF2N3O4S/c21-17-5-2-14(22)7-13(17)8-19(27)26-16-4-1-12(18(9-16)31(24,28)29)11-30-20-6-3-15(23)10-25-20/h1-7,9-10H,8,11H2,(H,26,27)(H2,24,28,29). The van der Waals surface area contributed by atoms with E-state index in [1.807, 2.05) is 0 Å². The predicted octanol–water partition coefficient (Wildman–Crippen LogP) is 3.42. The first-order valence-corrected chi connectivity index (χ1v) is 10.7. The number of anilines is 1. The van der Waals surface area contributed by atoms with E-state index in [1.165, 1.54) is 36.4 Å². The smallest absolute Gasteiger partial charge is 0.238 e. The van der Waals surface area contributed by atoms with Gasteiger partial charge in [0, 0.05) is 22.3 Å². The van der Waals surface area contributed by atoms with Gasteiger partial charge in [-0.2, -0.15) is 0 Å². The molecule has 1 aromatic heterocycles. The number of halogens is 3. The number of primary sulfonamides is 1. The van der Waals surface area contributed by atoms with Crippen LogP contribution in [0.5, 0.6) is 5.88 Å². The average molecular weight is 468 g/mol. The number of carbonyl (C=O) groups is 1. The normalized spacial score (nSPS) is 11.2. The number of sulfonamides is 1. The van der Waals surface area contributed by atoms with Crippen molar-refractivity contribution >= 4 is 33.2 Å². The Hall–Kier alpha value is -3.08. The number of nitrogens with zero attached hydrogens (tertiary/aromatic N) is 1. The Labute approximate surface area is 181 Å². The summed E-state index contributed by atoms with van der Waals surface area (Å²) < 4.78 is 55.7. The SMILES string of the molecule is NS(=O)(=O)c1cc(NC(=O)Cc2cc(F)ccc2Cl)ccc1COc1ccc(F)cn1. The first-order valence-electron chi connectivity index (χ1n) is 8.75. The Balaban J connectivity index is 1.76. The molecule has 11 heteroatoms. The minimum absolute atomic E-state index is 0.0890. The Morgan fingerprint density at radius 1 is 1.06 bits per heavy atom. The number of amides is 1. The molecular formula is C20H16ClF2N3O4S. The van der Waals surface area contributed by atoms with Gasteiger partial charge in [-0.25, -0.2) is 27.3 Å². The number of hydrogen-bond donors (Lipinski definition) is 2. The van der Waals surface area contributed by atoms with Crippen LogP contribution in [0, 0.1) is 11.6 Å². The van der Waals surface area contributed by atoms with Gasteiger partial charge in [0.1, 0.15) is 18.2 Å². The molecule has 2 aromatic carbocycles. The van der Waals surface area contributed by atoms with Crippen LogP contribution >= 0.6 is 11.6 Å². The van der Waals surface area contributed by atoms with E-state index in [1.54, 1.807) is 0 Å². The van der Waals surface area contributed by atoms with Crippen molar-refractivity contribution in [2.24, 2.45) is 5.14 Å². The van der Waals surface area contributed by atoms with Crippen molar-refractivity contribution in [2.45, 2.75) is 17.9 Å². The summed E-state index contributed by atoms with van der Waals surface area (Å²) in [6.07, 6.45) is 0.738. The molecule has 0 aliphatic heterocycles. The van der Waals surface area contributed by atoms with Crippen LogP contribution < -0.4 is 15.2 Å². The van der Waals surface area contributed by atoms with Crippen molar-refractivity contribution < 1.29 is 26.7 Å². The van der Waals surface area contributed by atoms with Crippen molar-refractivity contribution in [2.75, 3.05) is 5.32 Å². The number of nitrogens with one attached hydrogen (secondary N) is 1. The van der Waals surface area contributed by atoms with Gasteiger partial charge in [0.2, 0.25) is 21.8 Å². The molecule has 31 heavy (non-hydrogen) atoms. The third kappa shape index (κ3) is 6.20. The van der Waals surface area contributed by atoms with Crippen LogP contribution in [0.4, 0.5) is 14.5 Å². The lowest BCUT2D eigenvalue weighted by Crippen LogP contribution is -2.18. The number of aromatic nitrogens is 1. The molecule has 1 heterocycles. The van der Waals surface area contributed by atoms with Crippen molar-refractivity contribution in [3.05, 3.63) is 82.5 Å². The second-order valence-electron chi connectivity index (χ2n) is 6.43. The van der Waals surface area contributed by atoms with Crippen LogP contribution in [0.2, 0.25) is 5.02 Å². The van der Waals surface area contributed by atoms with Crippen LogP contribution in [0.15, 0.2) is 59.6 Å². The van der Waals surface area contributed by atoms with Crippen LogP contribution in [0.3, 0.4) is 0 Å². The Morgan fingerprint density at radius 2 is 1.81 bits per heavy atom. The van der Waals surface area contributed by atoms with E-state index in [9.17, 15) is 22.0 Å². The summed E-state index contributed by atoms with van der Waals surface area (Å²) in [5.74, 6) is -1.53. The third-order valence-corrected chi connectivity index (χ3v) is 5.45. The zero-order valence-corrected chi connectivity index (χ0v) is 17.4. The maximum Gasteiger partial charge on any atom is 0.238 e. The van der Waals surface area contributed by atoms with Crippen molar-refractivity contribution in [3.8, 4) is 5.88 Å². The highest BCUT2D eigenvalue weighted by atomic mass is 35.5. The highest BCUT2D eigenvalue weighted by Gasteiger charge is 2.17. The monoisotopic (exact) mass is 467 g/mol. The number of pyridine rings is 1. The van der Waals surface area contributed by atoms with E-state index in [4.69, 9.17) is 21.5 Å². The molecule has 1 amide bonds. The second-order valence-corrected chi connectivity index (χ2v) is 8.37. The molecule has 0 fully saturated rings. The van der Waals surface area contributed by atoms with Crippen molar-refractivity contribution in [1.29, 1.82) is 0 Å². The van der Waals surface area contributed by atoms with E-state index >= 15 is 0 Å². The number of nitrogens with two attached hydrogens (primary N) is 1. The zero-order valence-electron chi connectivity index (χ0n) is 15.8. The zero-order chi connectivity index (χ0) is 22.6. The highest BCUT2D eigenvalue weighted by Crippen LogP contribution is 2.23. The van der Waals surface area contributed by atoms with Gasteiger partial charge in [0.15, 0.2) is 0 Å². The molecule has 0 aliphatic rings. The molecule has 3 N–H and O–H groups in total. The fourth-order valence-corrected chi connectivity index (χ4v) is 3.64. The Bertz CT molecular complexity index is 1220. The first kappa shape index (κ1) is 22.6. The molecule has 0 radical (unpaired) electrons. The quantitative estimate of drug-likeness (QED) is 0.553. The van der Waals surface area contributed by atoms with Crippen LogP contribution in [0.25, 0.3) is 0 Å². The molecule has 0 unspecified atom stereocenters. The summed E-state index contributed by atoms with van der Waals surface area (Å²) in [5.41, 5.74) is 0.646. The predicted molar refractivity (Wildman–Crippen MR) is 110 cm³/mol. The van der Waals surface area contributed by atoms with Crippen LogP contribution in [-0.2, 0) is 27.8 Å². The van der Waals surface area contributed by atoms with Gasteiger partial charge in [0.05, 0.1) is 17.5 Å². The lowest BCUT2D eigenvalue weighted by Gasteiger charge is -2.12. The fourth-order valence-electron chi connectivity index (χ4n) is 2.67. The van der Waals surface area contributed by atoms with E-state index in [2.05, 4.69) is 10.3 Å². The summed E-state index contributed by atoms with van der Waals surface area (Å²) in [7, 11) is -4.16. The maximum absolute atomic E-state index is 13.4. The van der Waals surface area contributed by atoms with Crippen LogP contribution in [-0.4, -0.2) is 19.3 Å². The number of rotatable bonds is 7. The molecule has 0 saturated carbocycles. The molecule has 0 spiro atoms. The highest BCUT2D eigenvalue weighted by molar-refractivity contribution is 7.89. The molecular weight excluding hydrogens is 452 g/mol. The first-order chi connectivity index (χ1) is 14.6. The lowest BCUT2D eigenvalue weighted by atomic mass is 10.1. The molecule has 3 aromatic rings.